The first-order valence-corrected chi connectivity index (χ1v) is 13.8. The number of aryl methyl sites for hydroxylation is 2. The lowest BCUT2D eigenvalue weighted by Gasteiger charge is -2.37. The Morgan fingerprint density at radius 3 is 2.41 bits per heavy atom. The Morgan fingerprint density at radius 2 is 1.73 bits per heavy atom. The molecule has 0 aliphatic carbocycles. The molecular formula is C29H40N6O2. The summed E-state index contributed by atoms with van der Waals surface area (Å²) in [4.78, 5) is 22.6. The third kappa shape index (κ3) is 5.95. The van der Waals surface area contributed by atoms with Gasteiger partial charge in [-0.2, -0.15) is 0 Å². The van der Waals surface area contributed by atoms with E-state index in [0.29, 0.717) is 23.8 Å². The molecule has 2 aliphatic rings. The summed E-state index contributed by atoms with van der Waals surface area (Å²) in [5, 5.41) is 8.44. The molecule has 8 nitrogen and oxygen atoms in total. The lowest BCUT2D eigenvalue weighted by Crippen LogP contribution is -2.45. The van der Waals surface area contributed by atoms with Crippen LogP contribution in [0.5, 0.6) is 0 Å². The number of piperidine rings is 2. The van der Waals surface area contributed by atoms with E-state index in [1.54, 1.807) is 0 Å². The van der Waals surface area contributed by atoms with Gasteiger partial charge in [-0.25, -0.2) is 4.98 Å². The van der Waals surface area contributed by atoms with Crippen molar-refractivity contribution in [1.82, 2.24) is 29.5 Å². The molecule has 4 heterocycles. The number of benzene rings is 1. The summed E-state index contributed by atoms with van der Waals surface area (Å²) in [6.07, 6.45) is 6.70. The van der Waals surface area contributed by atoms with Gasteiger partial charge in [-0.15, -0.1) is 10.2 Å². The molecule has 0 saturated carbocycles. The second kappa shape index (κ2) is 11.2. The molecule has 5 rings (SSSR count). The zero-order valence-corrected chi connectivity index (χ0v) is 22.7. The summed E-state index contributed by atoms with van der Waals surface area (Å²) in [6, 6.07) is 8.65. The number of hydrogen-bond acceptors (Lipinski definition) is 6. The maximum atomic E-state index is 13.3. The summed E-state index contributed by atoms with van der Waals surface area (Å²) in [5.74, 6) is 3.69. The maximum Gasteiger partial charge on any atom is 0.226 e. The molecule has 2 saturated heterocycles. The van der Waals surface area contributed by atoms with Crippen molar-refractivity contribution in [3.8, 4) is 11.5 Å². The van der Waals surface area contributed by atoms with Crippen molar-refractivity contribution in [2.45, 2.75) is 72.4 Å². The van der Waals surface area contributed by atoms with Crippen LogP contribution in [-0.2, 0) is 17.8 Å². The van der Waals surface area contributed by atoms with Crippen LogP contribution in [-0.4, -0.2) is 61.6 Å². The van der Waals surface area contributed by atoms with Gasteiger partial charge in [-0.3, -0.25) is 9.69 Å². The fourth-order valence-electron chi connectivity index (χ4n) is 5.66. The predicted molar refractivity (Wildman–Crippen MR) is 143 cm³/mol. The molecule has 1 aromatic carbocycles. The molecule has 0 N–H and O–H groups in total. The first-order chi connectivity index (χ1) is 17.9. The standard InChI is InChI=1S/C29H40N6O2/c1-20(2)35-19-30-32-27(35)17-23-9-15-34(16-10-23)29(36)25-11-13-33(14-12-25)18-26-22(4)37-28(31-26)24-7-5-21(3)6-8-24/h5-8,19-20,23,25H,9-18H2,1-4H3. The lowest BCUT2D eigenvalue weighted by atomic mass is 9.90. The van der Waals surface area contributed by atoms with Crippen molar-refractivity contribution in [3.05, 3.63) is 53.4 Å². The Morgan fingerprint density at radius 1 is 1.03 bits per heavy atom. The van der Waals surface area contributed by atoms with Crippen molar-refractivity contribution in [2.24, 2.45) is 11.8 Å². The Labute approximate surface area is 220 Å². The molecule has 2 fully saturated rings. The van der Waals surface area contributed by atoms with E-state index in [4.69, 9.17) is 9.40 Å². The zero-order valence-electron chi connectivity index (χ0n) is 22.7. The summed E-state index contributed by atoms with van der Waals surface area (Å²) < 4.78 is 8.13. The summed E-state index contributed by atoms with van der Waals surface area (Å²) >= 11 is 0. The summed E-state index contributed by atoms with van der Waals surface area (Å²) in [6.45, 7) is 12.7. The zero-order chi connectivity index (χ0) is 25.9. The van der Waals surface area contributed by atoms with Crippen LogP contribution in [0, 0.1) is 25.7 Å². The molecular weight excluding hydrogens is 464 g/mol. The molecule has 0 radical (unpaired) electrons. The second-order valence-electron chi connectivity index (χ2n) is 11.2. The minimum atomic E-state index is 0.137. The molecule has 37 heavy (non-hydrogen) atoms. The van der Waals surface area contributed by atoms with Crippen LogP contribution < -0.4 is 0 Å². The molecule has 2 aliphatic heterocycles. The highest BCUT2D eigenvalue weighted by atomic mass is 16.4. The van der Waals surface area contributed by atoms with Crippen molar-refractivity contribution in [1.29, 1.82) is 0 Å². The molecule has 0 unspecified atom stereocenters. The van der Waals surface area contributed by atoms with Crippen molar-refractivity contribution >= 4 is 5.91 Å². The van der Waals surface area contributed by atoms with Crippen molar-refractivity contribution in [3.63, 3.8) is 0 Å². The highest BCUT2D eigenvalue weighted by Gasteiger charge is 2.31. The fourth-order valence-corrected chi connectivity index (χ4v) is 5.66. The van der Waals surface area contributed by atoms with Crippen LogP contribution in [0.25, 0.3) is 11.5 Å². The number of aromatic nitrogens is 4. The van der Waals surface area contributed by atoms with E-state index in [0.717, 1.165) is 87.7 Å². The Kier molecular flexibility index (Phi) is 7.74. The van der Waals surface area contributed by atoms with Crippen LogP contribution in [0.4, 0.5) is 0 Å². The van der Waals surface area contributed by atoms with Crippen LogP contribution in [0.1, 0.15) is 68.4 Å². The number of rotatable bonds is 7. The van der Waals surface area contributed by atoms with Gasteiger partial charge in [0.05, 0.1) is 5.69 Å². The van der Waals surface area contributed by atoms with Crippen LogP contribution in [0.3, 0.4) is 0 Å². The van der Waals surface area contributed by atoms with Gasteiger partial charge < -0.3 is 13.9 Å². The van der Waals surface area contributed by atoms with Gasteiger partial charge in [0, 0.05) is 43.6 Å². The smallest absolute Gasteiger partial charge is 0.226 e. The van der Waals surface area contributed by atoms with Gasteiger partial charge in [0.2, 0.25) is 11.8 Å². The SMILES string of the molecule is Cc1ccc(-c2nc(CN3CCC(C(=O)N4CCC(Cc5nncn5C(C)C)CC4)CC3)c(C)o2)cc1. The number of carbonyl (C=O) groups excluding carboxylic acids is 1. The van der Waals surface area contributed by atoms with E-state index in [9.17, 15) is 4.79 Å². The molecule has 1 amide bonds. The fraction of sp³-hybridized carbons (Fsp3) is 0.586. The molecule has 0 bridgehead atoms. The number of oxazole rings is 1. The van der Waals surface area contributed by atoms with Crippen LogP contribution >= 0.6 is 0 Å². The minimum absolute atomic E-state index is 0.137. The third-order valence-corrected chi connectivity index (χ3v) is 8.10. The van der Waals surface area contributed by atoms with Gasteiger partial charge in [0.25, 0.3) is 0 Å². The summed E-state index contributed by atoms with van der Waals surface area (Å²) in [7, 11) is 0. The van der Waals surface area contributed by atoms with Gasteiger partial charge in [-0.05, 0) is 84.5 Å². The highest BCUT2D eigenvalue weighted by Crippen LogP contribution is 2.28. The monoisotopic (exact) mass is 504 g/mol. The topological polar surface area (TPSA) is 80.3 Å². The molecule has 0 spiro atoms. The largest absolute Gasteiger partial charge is 0.441 e. The molecule has 198 valence electrons. The number of amides is 1. The van der Waals surface area contributed by atoms with Crippen LogP contribution in [0.15, 0.2) is 35.0 Å². The van der Waals surface area contributed by atoms with Gasteiger partial charge in [0.15, 0.2) is 0 Å². The lowest BCUT2D eigenvalue weighted by molar-refractivity contribution is -0.138. The van der Waals surface area contributed by atoms with E-state index < -0.39 is 0 Å². The normalized spacial score (nSPS) is 18.1. The highest BCUT2D eigenvalue weighted by molar-refractivity contribution is 5.79. The van der Waals surface area contributed by atoms with Gasteiger partial charge in [0.1, 0.15) is 17.9 Å². The van der Waals surface area contributed by atoms with Crippen LogP contribution in [0.2, 0.25) is 0 Å². The molecule has 2 aromatic heterocycles. The van der Waals surface area contributed by atoms with E-state index in [1.165, 1.54) is 5.56 Å². The number of likely N-dealkylation sites (tertiary alicyclic amines) is 2. The average Bonchev–Trinajstić information content (AvgIpc) is 3.51. The van der Waals surface area contributed by atoms with Crippen molar-refractivity contribution in [2.75, 3.05) is 26.2 Å². The van der Waals surface area contributed by atoms with Gasteiger partial charge in [-0.1, -0.05) is 17.7 Å². The maximum absolute atomic E-state index is 13.3. The Hall–Kier alpha value is -3.00. The third-order valence-electron chi connectivity index (χ3n) is 8.10. The molecule has 0 atom stereocenters. The predicted octanol–water partition coefficient (Wildman–Crippen LogP) is 4.82. The Balaban J connectivity index is 1.08. The number of hydrogen-bond donors (Lipinski definition) is 0. The molecule has 3 aromatic rings. The molecule has 8 heteroatoms. The number of nitrogens with zero attached hydrogens (tertiary/aromatic N) is 6. The quantitative estimate of drug-likeness (QED) is 0.459. The summed E-state index contributed by atoms with van der Waals surface area (Å²) in [5.41, 5.74) is 3.23. The first-order valence-electron chi connectivity index (χ1n) is 13.8. The van der Waals surface area contributed by atoms with E-state index in [1.807, 2.05) is 13.3 Å². The van der Waals surface area contributed by atoms with E-state index in [-0.39, 0.29) is 5.92 Å². The Bertz CT molecular complexity index is 1180. The minimum Gasteiger partial charge on any atom is -0.441 e. The van der Waals surface area contributed by atoms with E-state index in [2.05, 4.69) is 69.6 Å². The van der Waals surface area contributed by atoms with Gasteiger partial charge >= 0.3 is 0 Å². The number of carbonyl (C=O) groups is 1. The van der Waals surface area contributed by atoms with E-state index >= 15 is 0 Å². The first kappa shape index (κ1) is 25.6. The second-order valence-corrected chi connectivity index (χ2v) is 11.2. The van der Waals surface area contributed by atoms with Crippen molar-refractivity contribution < 1.29 is 9.21 Å². The average molecular weight is 505 g/mol.